The minimum absolute atomic E-state index is 0.541. The van der Waals surface area contributed by atoms with Gasteiger partial charge in [-0.05, 0) is 49.2 Å². The standard InChI is InChI=1S/C18H15N3S/c1-12-7-8-15(9-13(12)2)20-11-14(10-19)18-21-16-5-3-4-6-17(16)22-18/h3-9,11,20H,1-2H3. The van der Waals surface area contributed by atoms with Crippen LogP contribution in [0.5, 0.6) is 0 Å². The van der Waals surface area contributed by atoms with Crippen LogP contribution in [-0.2, 0) is 0 Å². The zero-order chi connectivity index (χ0) is 15.5. The summed E-state index contributed by atoms with van der Waals surface area (Å²) in [5.74, 6) is 0. The molecule has 4 heteroatoms. The third-order valence-electron chi connectivity index (χ3n) is 3.53. The summed E-state index contributed by atoms with van der Waals surface area (Å²) < 4.78 is 1.09. The van der Waals surface area contributed by atoms with E-state index in [0.717, 1.165) is 20.9 Å². The number of allylic oxidation sites excluding steroid dienone is 1. The van der Waals surface area contributed by atoms with Crippen LogP contribution in [0, 0.1) is 25.2 Å². The lowest BCUT2D eigenvalue weighted by Gasteiger charge is -2.05. The molecule has 2 aromatic carbocycles. The number of anilines is 1. The molecule has 0 aliphatic rings. The minimum Gasteiger partial charge on any atom is -0.360 e. The number of nitrogens with zero attached hydrogens (tertiary/aromatic N) is 2. The molecule has 0 spiro atoms. The number of hydrogen-bond acceptors (Lipinski definition) is 4. The molecule has 1 heterocycles. The van der Waals surface area contributed by atoms with Crippen molar-refractivity contribution in [2.45, 2.75) is 13.8 Å². The van der Waals surface area contributed by atoms with Gasteiger partial charge in [-0.1, -0.05) is 18.2 Å². The number of nitrogens with one attached hydrogen (secondary N) is 1. The van der Waals surface area contributed by atoms with Crippen molar-refractivity contribution in [1.82, 2.24) is 4.98 Å². The van der Waals surface area contributed by atoms with Gasteiger partial charge in [0.1, 0.15) is 16.6 Å². The second-order valence-corrected chi connectivity index (χ2v) is 6.13. The Morgan fingerprint density at radius 1 is 1.18 bits per heavy atom. The van der Waals surface area contributed by atoms with Crippen LogP contribution in [0.15, 0.2) is 48.7 Å². The predicted molar refractivity (Wildman–Crippen MR) is 92.7 cm³/mol. The number of para-hydroxylation sites is 1. The minimum atomic E-state index is 0.541. The van der Waals surface area contributed by atoms with E-state index < -0.39 is 0 Å². The molecule has 3 aromatic rings. The maximum Gasteiger partial charge on any atom is 0.136 e. The monoisotopic (exact) mass is 305 g/mol. The topological polar surface area (TPSA) is 48.7 Å². The number of fused-ring (bicyclic) bond motifs is 1. The van der Waals surface area contributed by atoms with Gasteiger partial charge in [0.05, 0.1) is 10.2 Å². The molecule has 3 nitrogen and oxygen atoms in total. The molecule has 1 N–H and O–H groups in total. The van der Waals surface area contributed by atoms with E-state index in [1.165, 1.54) is 22.5 Å². The molecular weight excluding hydrogens is 290 g/mol. The quantitative estimate of drug-likeness (QED) is 0.701. The van der Waals surface area contributed by atoms with Crippen LogP contribution < -0.4 is 5.32 Å². The Labute approximate surface area is 133 Å². The molecule has 0 radical (unpaired) electrons. The average molecular weight is 305 g/mol. The van der Waals surface area contributed by atoms with Gasteiger partial charge in [0.25, 0.3) is 0 Å². The van der Waals surface area contributed by atoms with Gasteiger partial charge in [0.15, 0.2) is 0 Å². The molecule has 0 saturated heterocycles. The number of hydrogen-bond donors (Lipinski definition) is 1. The normalized spacial score (nSPS) is 11.4. The van der Waals surface area contributed by atoms with Crippen molar-refractivity contribution in [1.29, 1.82) is 5.26 Å². The SMILES string of the molecule is Cc1ccc(NC=C(C#N)c2nc3ccccc3s2)cc1C. The highest BCUT2D eigenvalue weighted by atomic mass is 32.1. The molecule has 0 atom stereocenters. The molecule has 0 aliphatic heterocycles. The first kappa shape index (κ1) is 14.3. The largest absolute Gasteiger partial charge is 0.360 e. The lowest BCUT2D eigenvalue weighted by Crippen LogP contribution is -1.92. The molecule has 0 bridgehead atoms. The van der Waals surface area contributed by atoms with Crippen LogP contribution in [0.2, 0.25) is 0 Å². The Morgan fingerprint density at radius 3 is 2.73 bits per heavy atom. The van der Waals surface area contributed by atoms with Crippen molar-refractivity contribution in [3.8, 4) is 6.07 Å². The van der Waals surface area contributed by atoms with Crippen molar-refractivity contribution in [3.63, 3.8) is 0 Å². The summed E-state index contributed by atoms with van der Waals surface area (Å²) >= 11 is 1.53. The molecule has 0 unspecified atom stereocenters. The highest BCUT2D eigenvalue weighted by Crippen LogP contribution is 2.26. The molecule has 1 aromatic heterocycles. The summed E-state index contributed by atoms with van der Waals surface area (Å²) in [7, 11) is 0. The van der Waals surface area contributed by atoms with Crippen LogP contribution in [0.25, 0.3) is 15.8 Å². The smallest absolute Gasteiger partial charge is 0.136 e. The van der Waals surface area contributed by atoms with Crippen LogP contribution in [0.4, 0.5) is 5.69 Å². The molecule has 0 aliphatic carbocycles. The van der Waals surface area contributed by atoms with Crippen LogP contribution in [-0.4, -0.2) is 4.98 Å². The first-order chi connectivity index (χ1) is 10.7. The number of benzene rings is 2. The maximum absolute atomic E-state index is 9.39. The third-order valence-corrected chi connectivity index (χ3v) is 4.60. The number of thiazole rings is 1. The van der Waals surface area contributed by atoms with Gasteiger partial charge < -0.3 is 5.32 Å². The Morgan fingerprint density at radius 2 is 2.00 bits per heavy atom. The number of nitriles is 1. The molecule has 22 heavy (non-hydrogen) atoms. The van der Waals surface area contributed by atoms with E-state index in [1.807, 2.05) is 30.3 Å². The van der Waals surface area contributed by atoms with Crippen LogP contribution in [0.1, 0.15) is 16.1 Å². The Bertz CT molecular complexity index is 867. The summed E-state index contributed by atoms with van der Waals surface area (Å²) in [6.07, 6.45) is 1.72. The first-order valence-electron chi connectivity index (χ1n) is 6.97. The predicted octanol–water partition coefficient (Wildman–Crippen LogP) is 4.89. The lowest BCUT2D eigenvalue weighted by molar-refractivity contribution is 1.34. The molecule has 0 amide bonds. The molecule has 0 saturated carbocycles. The Kier molecular flexibility index (Phi) is 3.90. The number of rotatable bonds is 3. The fourth-order valence-corrected chi connectivity index (χ4v) is 3.05. The fraction of sp³-hybridized carbons (Fsp3) is 0.111. The summed E-state index contributed by atoms with van der Waals surface area (Å²) in [5, 5.41) is 13.3. The summed E-state index contributed by atoms with van der Waals surface area (Å²) in [5.41, 5.74) is 4.91. The van der Waals surface area contributed by atoms with Crippen molar-refractivity contribution < 1.29 is 0 Å². The second-order valence-electron chi connectivity index (χ2n) is 5.10. The zero-order valence-electron chi connectivity index (χ0n) is 12.4. The average Bonchev–Trinajstić information content (AvgIpc) is 2.95. The molecular formula is C18H15N3S. The van der Waals surface area contributed by atoms with E-state index in [4.69, 9.17) is 0 Å². The van der Waals surface area contributed by atoms with Crippen molar-refractivity contribution in [2.24, 2.45) is 0 Å². The Balaban J connectivity index is 1.90. The van der Waals surface area contributed by atoms with E-state index in [9.17, 15) is 5.26 Å². The Hall–Kier alpha value is -2.64. The highest BCUT2D eigenvalue weighted by molar-refractivity contribution is 7.19. The van der Waals surface area contributed by atoms with Gasteiger partial charge in [-0.15, -0.1) is 11.3 Å². The summed E-state index contributed by atoms with van der Waals surface area (Å²) in [6.45, 7) is 4.15. The third kappa shape index (κ3) is 2.85. The zero-order valence-corrected chi connectivity index (χ0v) is 13.2. The van der Waals surface area contributed by atoms with Gasteiger partial charge in [-0.3, -0.25) is 0 Å². The van der Waals surface area contributed by atoms with E-state index in [1.54, 1.807) is 6.20 Å². The van der Waals surface area contributed by atoms with E-state index in [-0.39, 0.29) is 0 Å². The van der Waals surface area contributed by atoms with Crippen LogP contribution in [0.3, 0.4) is 0 Å². The first-order valence-corrected chi connectivity index (χ1v) is 7.79. The van der Waals surface area contributed by atoms with E-state index in [2.05, 4.69) is 42.4 Å². The van der Waals surface area contributed by atoms with Crippen LogP contribution >= 0.6 is 11.3 Å². The van der Waals surface area contributed by atoms with Gasteiger partial charge >= 0.3 is 0 Å². The lowest BCUT2D eigenvalue weighted by atomic mass is 10.1. The van der Waals surface area contributed by atoms with Crippen molar-refractivity contribution >= 4 is 32.8 Å². The van der Waals surface area contributed by atoms with Gasteiger partial charge in [-0.25, -0.2) is 4.98 Å². The molecule has 3 rings (SSSR count). The number of aryl methyl sites for hydroxylation is 2. The number of aromatic nitrogens is 1. The van der Waals surface area contributed by atoms with E-state index in [0.29, 0.717) is 5.57 Å². The van der Waals surface area contributed by atoms with Gasteiger partial charge in [0, 0.05) is 11.9 Å². The summed E-state index contributed by atoms with van der Waals surface area (Å²) in [4.78, 5) is 4.52. The molecule has 108 valence electrons. The highest BCUT2D eigenvalue weighted by Gasteiger charge is 2.08. The van der Waals surface area contributed by atoms with E-state index >= 15 is 0 Å². The second kappa shape index (κ2) is 6.00. The maximum atomic E-state index is 9.39. The summed E-state index contributed by atoms with van der Waals surface area (Å²) in [6, 6.07) is 16.3. The van der Waals surface area contributed by atoms with Crippen molar-refractivity contribution in [2.75, 3.05) is 5.32 Å². The van der Waals surface area contributed by atoms with Crippen molar-refractivity contribution in [3.05, 3.63) is 64.8 Å². The molecule has 0 fully saturated rings. The van der Waals surface area contributed by atoms with Gasteiger partial charge in [0.2, 0.25) is 0 Å². The fourth-order valence-electron chi connectivity index (χ4n) is 2.12. The van der Waals surface area contributed by atoms with Gasteiger partial charge in [-0.2, -0.15) is 5.26 Å².